The van der Waals surface area contributed by atoms with Crippen molar-refractivity contribution >= 4 is 22.5 Å². The van der Waals surface area contributed by atoms with Crippen LogP contribution in [0.5, 0.6) is 0 Å². The highest BCUT2D eigenvalue weighted by atomic mass is 28.4. The lowest BCUT2D eigenvalue weighted by Gasteiger charge is -2.35. The minimum Gasteiger partial charge on any atom is -0.535 e. The van der Waals surface area contributed by atoms with Gasteiger partial charge in [0, 0.05) is 13.3 Å². The highest BCUT2D eigenvalue weighted by Crippen LogP contribution is 2.54. The Bertz CT molecular complexity index is 525. The first-order valence-corrected chi connectivity index (χ1v) is 14.1. The second-order valence-electron chi connectivity index (χ2n) is 7.51. The van der Waals surface area contributed by atoms with Crippen LogP contribution in [0.15, 0.2) is 4.66 Å². The number of nitrogens with zero attached hydrogens (tertiary/aromatic N) is 1. The van der Waals surface area contributed by atoms with E-state index in [9.17, 15) is 39.5 Å². The van der Waals surface area contributed by atoms with Gasteiger partial charge >= 0.3 is 23.9 Å². The molecule has 156 valence electrons. The first kappa shape index (κ1) is 25.3. The first-order chi connectivity index (χ1) is 11.1. The van der Waals surface area contributed by atoms with E-state index in [0.29, 0.717) is 0 Å². The summed E-state index contributed by atoms with van der Waals surface area (Å²) in [6, 6.07) is -0.762. The molecular weight excluding hydrogens is 413 g/mol. The second kappa shape index (κ2) is 7.36. The Balaban J connectivity index is 5.31. The summed E-state index contributed by atoms with van der Waals surface area (Å²) in [5.74, 6) is -18.9. The monoisotopic (exact) mass is 435 g/mol. The molecule has 0 heterocycles. The van der Waals surface area contributed by atoms with Crippen molar-refractivity contribution in [2.75, 3.05) is 0 Å². The van der Waals surface area contributed by atoms with Gasteiger partial charge in [0.25, 0.3) is 0 Å². The van der Waals surface area contributed by atoms with E-state index < -0.39 is 53.0 Å². The molecule has 0 spiro atoms. The lowest BCUT2D eigenvalue weighted by atomic mass is 10.0. The van der Waals surface area contributed by atoms with Gasteiger partial charge in [-0.25, -0.2) is 0 Å². The Hall–Kier alpha value is -0.726. The van der Waals surface area contributed by atoms with Crippen LogP contribution >= 0.6 is 0 Å². The third kappa shape index (κ3) is 6.17. The van der Waals surface area contributed by atoms with Gasteiger partial charge < -0.3 is 4.43 Å². The lowest BCUT2D eigenvalue weighted by molar-refractivity contribution is -0.396. The summed E-state index contributed by atoms with van der Waals surface area (Å²) < 4.78 is 125. The fourth-order valence-corrected chi connectivity index (χ4v) is 4.91. The van der Waals surface area contributed by atoms with Crippen molar-refractivity contribution in [2.45, 2.75) is 76.1 Å². The van der Waals surface area contributed by atoms with E-state index >= 15 is 0 Å². The molecule has 0 unspecified atom stereocenters. The van der Waals surface area contributed by atoms with E-state index in [-0.39, 0.29) is 5.90 Å². The Morgan fingerprint density at radius 1 is 0.808 bits per heavy atom. The van der Waals surface area contributed by atoms with E-state index in [4.69, 9.17) is 4.43 Å². The molecule has 0 atom stereocenters. The maximum Gasteiger partial charge on any atom is 0.460 e. The normalized spacial score (nSPS) is 16.0. The Kier molecular flexibility index (Phi) is 7.15. The molecule has 26 heavy (non-hydrogen) atoms. The van der Waals surface area contributed by atoms with Gasteiger partial charge in [-0.15, -0.1) is 0 Å². The first-order valence-electron chi connectivity index (χ1n) is 7.51. The Morgan fingerprint density at radius 2 is 1.23 bits per heavy atom. The van der Waals surface area contributed by atoms with Crippen LogP contribution in [-0.2, 0) is 4.43 Å². The molecular formula is C13H22F9NOSi2. The molecule has 0 bridgehead atoms. The van der Waals surface area contributed by atoms with E-state index in [2.05, 4.69) is 4.66 Å². The molecule has 0 aliphatic heterocycles. The summed E-state index contributed by atoms with van der Waals surface area (Å²) in [7, 11) is -5.07. The second-order valence-corrected chi connectivity index (χ2v) is 16.3. The van der Waals surface area contributed by atoms with Gasteiger partial charge in [-0.3, -0.25) is 4.66 Å². The Morgan fingerprint density at radius 3 is 1.58 bits per heavy atom. The molecule has 0 saturated carbocycles. The zero-order chi connectivity index (χ0) is 21.4. The number of hydrogen-bond donors (Lipinski definition) is 0. The topological polar surface area (TPSA) is 21.6 Å². The fourth-order valence-electron chi connectivity index (χ4n) is 1.97. The minimum absolute atomic E-state index is 0.150. The number of hydrogen-bond acceptors (Lipinski definition) is 2. The van der Waals surface area contributed by atoms with Gasteiger partial charge in [0.1, 0.15) is 0 Å². The van der Waals surface area contributed by atoms with Gasteiger partial charge in [0.2, 0.25) is 8.32 Å². The predicted octanol–water partition coefficient (Wildman–Crippen LogP) is 6.32. The molecule has 0 aliphatic rings. The van der Waals surface area contributed by atoms with Crippen molar-refractivity contribution in [1.29, 1.82) is 0 Å². The van der Waals surface area contributed by atoms with E-state index in [1.165, 1.54) is 20.0 Å². The number of rotatable bonds is 7. The van der Waals surface area contributed by atoms with Crippen molar-refractivity contribution in [3.05, 3.63) is 0 Å². The quantitative estimate of drug-likeness (QED) is 0.198. The van der Waals surface area contributed by atoms with Crippen LogP contribution in [-0.4, -0.2) is 46.4 Å². The van der Waals surface area contributed by atoms with Crippen LogP contribution in [0.2, 0.25) is 38.8 Å². The molecule has 0 aliphatic carbocycles. The summed E-state index contributed by atoms with van der Waals surface area (Å²) in [6.07, 6.45) is -8.67. The molecule has 0 aromatic carbocycles. The van der Waals surface area contributed by atoms with Gasteiger partial charge in [0.15, 0.2) is 14.1 Å². The molecule has 0 aromatic heterocycles. The summed E-state index contributed by atoms with van der Waals surface area (Å²) in [5.41, 5.74) is 0. The standard InChI is InChI=1S/C13H22F9NOSi2/c1-9(23-25(2,3)4)24-26(5,6)8-7-10(14,15)11(16,17)12(18,19)13(20,21)22/h7-8H2,1-6H3. The summed E-state index contributed by atoms with van der Waals surface area (Å²) in [6.45, 7) is 9.70. The highest BCUT2D eigenvalue weighted by molar-refractivity contribution is 6.76. The molecule has 0 fully saturated rings. The summed E-state index contributed by atoms with van der Waals surface area (Å²) in [4.78, 5) is 0. The molecule has 0 radical (unpaired) electrons. The van der Waals surface area contributed by atoms with Crippen molar-refractivity contribution in [2.24, 2.45) is 4.66 Å². The third-order valence-corrected chi connectivity index (χ3v) is 6.46. The van der Waals surface area contributed by atoms with E-state index in [1.807, 2.05) is 19.6 Å². The molecule has 2 nitrogen and oxygen atoms in total. The van der Waals surface area contributed by atoms with E-state index in [1.54, 1.807) is 0 Å². The SMILES string of the molecule is CC(=N[Si](C)(C)C)O[Si](C)(C)CCC(F)(F)C(F)(F)C(F)(F)C(F)(F)F. The van der Waals surface area contributed by atoms with Crippen molar-refractivity contribution in [3.8, 4) is 0 Å². The van der Waals surface area contributed by atoms with Crippen LogP contribution in [0.3, 0.4) is 0 Å². The summed E-state index contributed by atoms with van der Waals surface area (Å²) in [5, 5.41) is 0. The average Bonchev–Trinajstić information content (AvgIpc) is 2.31. The average molecular weight is 435 g/mol. The highest BCUT2D eigenvalue weighted by Gasteiger charge is 2.81. The van der Waals surface area contributed by atoms with Crippen molar-refractivity contribution in [1.82, 2.24) is 0 Å². The zero-order valence-electron chi connectivity index (χ0n) is 15.2. The van der Waals surface area contributed by atoms with Gasteiger partial charge in [-0.05, 0) is 38.8 Å². The predicted molar refractivity (Wildman–Crippen MR) is 85.3 cm³/mol. The summed E-state index contributed by atoms with van der Waals surface area (Å²) >= 11 is 0. The van der Waals surface area contributed by atoms with Crippen LogP contribution in [0, 0.1) is 0 Å². The van der Waals surface area contributed by atoms with Crippen LogP contribution in [0.1, 0.15) is 13.3 Å². The van der Waals surface area contributed by atoms with Crippen molar-refractivity contribution < 1.29 is 43.9 Å². The number of alkyl halides is 9. The molecule has 0 aromatic rings. The number of halogens is 9. The third-order valence-electron chi connectivity index (χ3n) is 3.17. The van der Waals surface area contributed by atoms with Gasteiger partial charge in [0.05, 0.1) is 0 Å². The van der Waals surface area contributed by atoms with E-state index in [0.717, 1.165) is 0 Å². The fraction of sp³-hybridized carbons (Fsp3) is 0.923. The van der Waals surface area contributed by atoms with Gasteiger partial charge in [-0.2, -0.15) is 39.5 Å². The zero-order valence-corrected chi connectivity index (χ0v) is 17.2. The minimum atomic E-state index is -6.86. The van der Waals surface area contributed by atoms with Crippen LogP contribution in [0.25, 0.3) is 0 Å². The van der Waals surface area contributed by atoms with Gasteiger partial charge in [-0.1, -0.05) is 0 Å². The maximum absolute atomic E-state index is 13.6. The molecule has 13 heteroatoms. The Labute approximate surface area is 148 Å². The van der Waals surface area contributed by atoms with Crippen LogP contribution < -0.4 is 0 Å². The van der Waals surface area contributed by atoms with Crippen LogP contribution in [0.4, 0.5) is 39.5 Å². The maximum atomic E-state index is 13.6. The molecule has 0 saturated heterocycles. The van der Waals surface area contributed by atoms with Crippen molar-refractivity contribution in [3.63, 3.8) is 0 Å². The smallest absolute Gasteiger partial charge is 0.460 e. The molecule has 0 amide bonds. The lowest BCUT2D eigenvalue weighted by Crippen LogP contribution is -2.61. The largest absolute Gasteiger partial charge is 0.535 e. The molecule has 0 N–H and O–H groups in total. The molecule has 0 rings (SSSR count).